The highest BCUT2D eigenvalue weighted by Crippen LogP contribution is 2.41. The maximum absolute atomic E-state index is 5.24. The lowest BCUT2D eigenvalue weighted by Crippen LogP contribution is -2.06. The monoisotopic (exact) mass is 678 g/mol. The van der Waals surface area contributed by atoms with E-state index in [1.54, 1.807) is 0 Å². The minimum absolute atomic E-state index is 0.571. The van der Waals surface area contributed by atoms with Gasteiger partial charge in [0, 0.05) is 55.6 Å². The first-order chi connectivity index (χ1) is 26.3. The maximum Gasteiger partial charge on any atom is 0.238 e. The number of hydrogen-bond donors (Lipinski definition) is 0. The largest absolute Gasteiger partial charge is 0.317 e. The molecular weight excluding hydrogens is 649 g/mol. The van der Waals surface area contributed by atoms with E-state index in [1.807, 2.05) is 36.4 Å². The Kier molecular flexibility index (Phi) is 6.45. The van der Waals surface area contributed by atoms with Crippen molar-refractivity contribution in [2.45, 2.75) is 0 Å². The zero-order valence-corrected chi connectivity index (χ0v) is 28.5. The van der Waals surface area contributed by atoms with E-state index >= 15 is 0 Å². The molecule has 0 aliphatic carbocycles. The van der Waals surface area contributed by atoms with E-state index in [4.69, 9.17) is 15.0 Å². The summed E-state index contributed by atoms with van der Waals surface area (Å²) in [5, 5.41) is 5.80. The molecular formula is C47H30N6. The van der Waals surface area contributed by atoms with Crippen LogP contribution in [0.25, 0.3) is 94.6 Å². The number of para-hydroxylation sites is 3. The molecule has 0 N–H and O–H groups in total. The van der Waals surface area contributed by atoms with E-state index in [0.717, 1.165) is 66.2 Å². The number of benzene rings is 7. The normalized spacial score (nSPS) is 11.8. The van der Waals surface area contributed by atoms with Gasteiger partial charge in [0.15, 0.2) is 11.6 Å². The predicted octanol–water partition coefficient (Wildman–Crippen LogP) is 11.3. The number of aromatic nitrogens is 6. The Morgan fingerprint density at radius 3 is 1.55 bits per heavy atom. The number of fused-ring (bicyclic) bond motifs is 7. The predicted molar refractivity (Wildman–Crippen MR) is 216 cm³/mol. The molecule has 6 nitrogen and oxygen atoms in total. The summed E-state index contributed by atoms with van der Waals surface area (Å²) in [7, 11) is 0. The van der Waals surface area contributed by atoms with Crippen molar-refractivity contribution < 1.29 is 0 Å². The molecule has 0 aliphatic heterocycles. The van der Waals surface area contributed by atoms with Gasteiger partial charge in [-0.1, -0.05) is 115 Å². The van der Waals surface area contributed by atoms with E-state index in [9.17, 15) is 0 Å². The first-order valence-electron chi connectivity index (χ1n) is 17.8. The molecule has 4 heterocycles. The molecule has 11 aromatic rings. The molecule has 0 amide bonds. The number of nitrogens with zero attached hydrogens (tertiary/aromatic N) is 6. The summed E-state index contributed by atoms with van der Waals surface area (Å²) in [6, 6.07) is 61.6. The summed E-state index contributed by atoms with van der Waals surface area (Å²) in [5.74, 6) is 1.82. The van der Waals surface area contributed by atoms with Crippen LogP contribution < -0.4 is 0 Å². The highest BCUT2D eigenvalue weighted by atomic mass is 15.2. The van der Waals surface area contributed by atoms with Gasteiger partial charge in [0.25, 0.3) is 0 Å². The van der Waals surface area contributed by atoms with Crippen LogP contribution in [-0.4, -0.2) is 28.7 Å². The lowest BCUT2D eigenvalue weighted by molar-refractivity contribution is 0.954. The van der Waals surface area contributed by atoms with Crippen molar-refractivity contribution in [2.75, 3.05) is 0 Å². The molecule has 6 heteroatoms. The second-order valence-corrected chi connectivity index (χ2v) is 13.4. The number of hydrogen-bond acceptors (Lipinski definition) is 3. The SMILES string of the molecule is c1ccc(-c2nc(-c3ccccc3)nc(-n3c4cc5ccn(-c6ccccc6)c5cc4c4cc5c6ccccc6n(-c6ccccc6)c5cc43)n2)cc1. The lowest BCUT2D eigenvalue weighted by Gasteiger charge is -2.12. The molecule has 0 radical (unpaired) electrons. The zero-order valence-electron chi connectivity index (χ0n) is 28.5. The van der Waals surface area contributed by atoms with Crippen molar-refractivity contribution in [2.24, 2.45) is 0 Å². The Labute approximate surface area is 304 Å². The maximum atomic E-state index is 5.24. The third kappa shape index (κ3) is 4.63. The Morgan fingerprint density at radius 2 is 0.868 bits per heavy atom. The van der Waals surface area contributed by atoms with Gasteiger partial charge in [-0.3, -0.25) is 4.57 Å². The van der Waals surface area contributed by atoms with Gasteiger partial charge < -0.3 is 9.13 Å². The van der Waals surface area contributed by atoms with Gasteiger partial charge in [0.2, 0.25) is 5.95 Å². The van der Waals surface area contributed by atoms with Crippen molar-refractivity contribution in [3.05, 3.63) is 182 Å². The smallest absolute Gasteiger partial charge is 0.238 e. The fraction of sp³-hybridized carbons (Fsp3) is 0. The fourth-order valence-electron chi connectivity index (χ4n) is 7.89. The molecule has 248 valence electrons. The van der Waals surface area contributed by atoms with Gasteiger partial charge in [-0.05, 0) is 60.7 Å². The van der Waals surface area contributed by atoms with Crippen LogP contribution in [-0.2, 0) is 0 Å². The van der Waals surface area contributed by atoms with Crippen LogP contribution in [0.2, 0.25) is 0 Å². The van der Waals surface area contributed by atoms with Crippen molar-refractivity contribution in [3.8, 4) is 40.1 Å². The molecule has 7 aromatic carbocycles. The fourth-order valence-corrected chi connectivity index (χ4v) is 7.89. The van der Waals surface area contributed by atoms with Gasteiger partial charge in [-0.2, -0.15) is 9.97 Å². The van der Waals surface area contributed by atoms with Gasteiger partial charge in [-0.25, -0.2) is 4.98 Å². The molecule has 4 aromatic heterocycles. The van der Waals surface area contributed by atoms with E-state index < -0.39 is 0 Å². The Bertz CT molecular complexity index is 3080. The van der Waals surface area contributed by atoms with Crippen molar-refractivity contribution in [1.29, 1.82) is 0 Å². The van der Waals surface area contributed by atoms with Crippen LogP contribution >= 0.6 is 0 Å². The average molecular weight is 679 g/mol. The zero-order chi connectivity index (χ0) is 34.9. The topological polar surface area (TPSA) is 53.5 Å². The molecule has 0 saturated heterocycles. The van der Waals surface area contributed by atoms with E-state index in [-0.39, 0.29) is 0 Å². The molecule has 0 atom stereocenters. The third-order valence-electron chi connectivity index (χ3n) is 10.3. The van der Waals surface area contributed by atoms with Gasteiger partial charge in [-0.15, -0.1) is 0 Å². The van der Waals surface area contributed by atoms with Gasteiger partial charge >= 0.3 is 0 Å². The van der Waals surface area contributed by atoms with Crippen LogP contribution in [0.3, 0.4) is 0 Å². The summed E-state index contributed by atoms with van der Waals surface area (Å²) < 4.78 is 6.86. The highest BCUT2D eigenvalue weighted by Gasteiger charge is 2.22. The Morgan fingerprint density at radius 1 is 0.340 bits per heavy atom. The molecule has 0 unspecified atom stereocenters. The van der Waals surface area contributed by atoms with Crippen molar-refractivity contribution >= 4 is 54.5 Å². The average Bonchev–Trinajstić information content (AvgIpc) is 3.89. The molecule has 0 fully saturated rings. The minimum atomic E-state index is 0.571. The summed E-state index contributed by atoms with van der Waals surface area (Å²) >= 11 is 0. The standard InChI is InChI=1S/C47H30N6/c1-5-15-31(16-6-1)45-48-46(32-17-7-2-8-18-32)50-47(49-45)53-42-27-33-25-26-51(34-19-9-3-10-20-34)41(33)29-39(42)38-28-37-36-23-13-14-24-40(36)52(43(37)30-44(38)53)35-21-11-4-12-22-35/h1-30H. The van der Waals surface area contributed by atoms with E-state index in [1.165, 1.54) is 10.8 Å². The van der Waals surface area contributed by atoms with Crippen LogP contribution in [0.4, 0.5) is 0 Å². The molecule has 0 bridgehead atoms. The molecule has 53 heavy (non-hydrogen) atoms. The first-order valence-corrected chi connectivity index (χ1v) is 17.8. The summed E-state index contributed by atoms with van der Waals surface area (Å²) in [6.45, 7) is 0. The highest BCUT2D eigenvalue weighted by molar-refractivity contribution is 6.20. The first kappa shape index (κ1) is 29.4. The summed E-state index contributed by atoms with van der Waals surface area (Å²) in [5.41, 5.74) is 9.58. The third-order valence-corrected chi connectivity index (χ3v) is 10.3. The molecule has 0 saturated carbocycles. The van der Waals surface area contributed by atoms with Gasteiger partial charge in [0.1, 0.15) is 0 Å². The lowest BCUT2D eigenvalue weighted by atomic mass is 10.1. The van der Waals surface area contributed by atoms with Crippen LogP contribution in [0.15, 0.2) is 182 Å². The quantitative estimate of drug-likeness (QED) is 0.182. The second kappa shape index (κ2) is 11.6. The molecule has 11 rings (SSSR count). The van der Waals surface area contributed by atoms with Crippen LogP contribution in [0.1, 0.15) is 0 Å². The van der Waals surface area contributed by atoms with E-state index in [0.29, 0.717) is 17.6 Å². The molecule has 0 aliphatic rings. The van der Waals surface area contributed by atoms with Crippen LogP contribution in [0, 0.1) is 0 Å². The minimum Gasteiger partial charge on any atom is -0.317 e. The van der Waals surface area contributed by atoms with Gasteiger partial charge in [0.05, 0.1) is 27.6 Å². The Hall–Kier alpha value is -7.31. The number of rotatable bonds is 5. The van der Waals surface area contributed by atoms with E-state index in [2.05, 4.69) is 159 Å². The van der Waals surface area contributed by atoms with Crippen molar-refractivity contribution in [3.63, 3.8) is 0 Å². The van der Waals surface area contributed by atoms with Crippen LogP contribution in [0.5, 0.6) is 0 Å². The summed E-state index contributed by atoms with van der Waals surface area (Å²) in [6.07, 6.45) is 2.15. The molecule has 0 spiro atoms. The summed E-state index contributed by atoms with van der Waals surface area (Å²) in [4.78, 5) is 15.5. The van der Waals surface area contributed by atoms with Crippen molar-refractivity contribution in [1.82, 2.24) is 28.7 Å². The second-order valence-electron chi connectivity index (χ2n) is 13.4. The Balaban J connectivity index is 1.29.